The fourth-order valence-corrected chi connectivity index (χ4v) is 3.21. The summed E-state index contributed by atoms with van der Waals surface area (Å²) < 4.78 is 26.9. The predicted molar refractivity (Wildman–Crippen MR) is 102 cm³/mol. The van der Waals surface area contributed by atoms with E-state index in [-0.39, 0.29) is 25.2 Å². The molecular formula is C20H20F2N4O3. The summed E-state index contributed by atoms with van der Waals surface area (Å²) in [6, 6.07) is 6.27. The quantitative estimate of drug-likeness (QED) is 0.777. The number of hydrogen-bond donors (Lipinski definition) is 1. The molecule has 1 aromatic carbocycles. The molecule has 1 atom stereocenters. The van der Waals surface area contributed by atoms with E-state index in [1.165, 1.54) is 11.9 Å². The number of pyridine rings is 1. The normalized spacial score (nSPS) is 16.1. The first-order chi connectivity index (χ1) is 13.7. The largest absolute Gasteiger partial charge is 0.336 e. The highest BCUT2D eigenvalue weighted by Crippen LogP contribution is 2.27. The summed E-state index contributed by atoms with van der Waals surface area (Å²) in [6.45, 7) is 1.76. The first kappa shape index (κ1) is 20.4. The van der Waals surface area contributed by atoms with E-state index in [4.69, 9.17) is 0 Å². The van der Waals surface area contributed by atoms with Crippen molar-refractivity contribution in [2.45, 2.75) is 13.3 Å². The van der Waals surface area contributed by atoms with Crippen LogP contribution in [0.2, 0.25) is 0 Å². The number of aryl methyl sites for hydroxylation is 1. The molecule has 1 aliphatic rings. The predicted octanol–water partition coefficient (Wildman–Crippen LogP) is 2.12. The summed E-state index contributed by atoms with van der Waals surface area (Å²) in [6.07, 6.45) is 1.75. The third-order valence-corrected chi connectivity index (χ3v) is 4.60. The van der Waals surface area contributed by atoms with Gasteiger partial charge in [0.25, 0.3) is 0 Å². The van der Waals surface area contributed by atoms with Crippen molar-refractivity contribution in [2.75, 3.05) is 30.4 Å². The fraction of sp³-hybridized carbons (Fsp3) is 0.300. The monoisotopic (exact) mass is 402 g/mol. The van der Waals surface area contributed by atoms with Crippen LogP contribution in [0.25, 0.3) is 0 Å². The van der Waals surface area contributed by atoms with E-state index < -0.39 is 35.3 Å². The lowest BCUT2D eigenvalue weighted by atomic mass is 10.1. The summed E-state index contributed by atoms with van der Waals surface area (Å²) in [5.74, 6) is -3.77. The number of benzene rings is 1. The Kier molecular flexibility index (Phi) is 5.86. The van der Waals surface area contributed by atoms with Crippen molar-refractivity contribution < 1.29 is 23.2 Å². The molecule has 0 radical (unpaired) electrons. The lowest BCUT2D eigenvalue weighted by Crippen LogP contribution is -2.41. The molecule has 152 valence electrons. The first-order valence-electron chi connectivity index (χ1n) is 8.99. The number of carbonyl (C=O) groups excluding carboxylic acids is 3. The highest BCUT2D eigenvalue weighted by atomic mass is 19.1. The number of likely N-dealkylation sites (N-methyl/N-ethyl adjacent to an activating group) is 1. The van der Waals surface area contributed by atoms with Crippen LogP contribution in [-0.2, 0) is 14.4 Å². The van der Waals surface area contributed by atoms with E-state index >= 15 is 0 Å². The minimum atomic E-state index is -1.00. The minimum absolute atomic E-state index is 0.0636. The van der Waals surface area contributed by atoms with Gasteiger partial charge in [-0.15, -0.1) is 0 Å². The van der Waals surface area contributed by atoms with Gasteiger partial charge in [-0.25, -0.2) is 13.8 Å². The van der Waals surface area contributed by atoms with Gasteiger partial charge in [0.15, 0.2) is 0 Å². The Balaban J connectivity index is 1.62. The van der Waals surface area contributed by atoms with Crippen LogP contribution in [0.5, 0.6) is 0 Å². The first-order valence-corrected chi connectivity index (χ1v) is 8.99. The molecule has 0 aliphatic carbocycles. The molecule has 1 aliphatic heterocycles. The van der Waals surface area contributed by atoms with Gasteiger partial charge in [-0.1, -0.05) is 0 Å². The maximum absolute atomic E-state index is 13.4. The van der Waals surface area contributed by atoms with Crippen LogP contribution >= 0.6 is 0 Å². The Bertz CT molecular complexity index is 946. The third kappa shape index (κ3) is 4.74. The van der Waals surface area contributed by atoms with Gasteiger partial charge in [0.1, 0.15) is 23.4 Å². The van der Waals surface area contributed by atoms with Crippen LogP contribution in [-0.4, -0.2) is 47.7 Å². The molecule has 9 heteroatoms. The van der Waals surface area contributed by atoms with E-state index in [9.17, 15) is 23.2 Å². The maximum Gasteiger partial charge on any atom is 0.245 e. The number of hydrogen-bond acceptors (Lipinski definition) is 4. The van der Waals surface area contributed by atoms with Crippen molar-refractivity contribution in [1.29, 1.82) is 0 Å². The second-order valence-corrected chi connectivity index (χ2v) is 6.92. The summed E-state index contributed by atoms with van der Waals surface area (Å²) in [5, 5.41) is 2.59. The van der Waals surface area contributed by atoms with Crippen molar-refractivity contribution in [1.82, 2.24) is 9.88 Å². The Morgan fingerprint density at radius 3 is 2.59 bits per heavy atom. The van der Waals surface area contributed by atoms with Crippen LogP contribution in [0, 0.1) is 24.5 Å². The number of anilines is 2. The zero-order chi connectivity index (χ0) is 21.1. The lowest BCUT2D eigenvalue weighted by Gasteiger charge is -2.21. The molecule has 0 spiro atoms. The number of aromatic nitrogens is 1. The van der Waals surface area contributed by atoms with Gasteiger partial charge in [0.2, 0.25) is 17.7 Å². The Hall–Kier alpha value is -3.36. The summed E-state index contributed by atoms with van der Waals surface area (Å²) in [5.41, 5.74) is 0.985. The molecule has 7 nitrogen and oxygen atoms in total. The van der Waals surface area contributed by atoms with Gasteiger partial charge in [0.05, 0.1) is 6.54 Å². The van der Waals surface area contributed by atoms with Gasteiger partial charge in [0, 0.05) is 31.5 Å². The molecule has 1 N–H and O–H groups in total. The molecule has 1 fully saturated rings. The summed E-state index contributed by atoms with van der Waals surface area (Å²) in [4.78, 5) is 43.8. The molecule has 0 bridgehead atoms. The van der Waals surface area contributed by atoms with E-state index in [1.807, 2.05) is 6.92 Å². The number of halogens is 2. The minimum Gasteiger partial charge on any atom is -0.336 e. The van der Waals surface area contributed by atoms with E-state index in [0.29, 0.717) is 11.9 Å². The number of amides is 3. The van der Waals surface area contributed by atoms with Crippen LogP contribution in [0.15, 0.2) is 36.5 Å². The fourth-order valence-electron chi connectivity index (χ4n) is 3.21. The van der Waals surface area contributed by atoms with Gasteiger partial charge in [-0.05, 0) is 43.2 Å². The van der Waals surface area contributed by atoms with Gasteiger partial charge < -0.3 is 15.1 Å². The molecule has 3 amide bonds. The zero-order valence-electron chi connectivity index (χ0n) is 16.0. The lowest BCUT2D eigenvalue weighted by molar-refractivity contribution is -0.140. The van der Waals surface area contributed by atoms with Gasteiger partial charge in [-0.2, -0.15) is 0 Å². The van der Waals surface area contributed by atoms with E-state index in [0.717, 1.165) is 22.6 Å². The van der Waals surface area contributed by atoms with Gasteiger partial charge >= 0.3 is 0 Å². The Morgan fingerprint density at radius 2 is 1.93 bits per heavy atom. The van der Waals surface area contributed by atoms with Crippen LogP contribution in [0.4, 0.5) is 20.3 Å². The average molecular weight is 402 g/mol. The molecule has 3 rings (SSSR count). The molecule has 0 saturated carbocycles. The molecule has 29 heavy (non-hydrogen) atoms. The molecule has 2 aromatic rings. The summed E-state index contributed by atoms with van der Waals surface area (Å²) in [7, 11) is 1.42. The number of rotatable bonds is 5. The van der Waals surface area contributed by atoms with E-state index in [2.05, 4.69) is 10.3 Å². The van der Waals surface area contributed by atoms with Crippen molar-refractivity contribution in [3.63, 3.8) is 0 Å². The zero-order valence-corrected chi connectivity index (χ0v) is 16.0. The van der Waals surface area contributed by atoms with Crippen molar-refractivity contribution in [3.8, 4) is 0 Å². The number of carbonyl (C=O) groups is 3. The summed E-state index contributed by atoms with van der Waals surface area (Å²) >= 11 is 0. The third-order valence-electron chi connectivity index (χ3n) is 4.60. The maximum atomic E-state index is 13.4. The van der Waals surface area contributed by atoms with Crippen molar-refractivity contribution >= 4 is 29.2 Å². The second kappa shape index (κ2) is 8.34. The van der Waals surface area contributed by atoms with Gasteiger partial charge in [-0.3, -0.25) is 14.4 Å². The highest BCUT2D eigenvalue weighted by molar-refractivity contribution is 6.10. The second-order valence-electron chi connectivity index (χ2n) is 6.92. The highest BCUT2D eigenvalue weighted by Gasteiger charge is 2.39. The molecule has 2 heterocycles. The molecule has 1 aromatic heterocycles. The number of nitrogens with one attached hydrogen (secondary N) is 1. The van der Waals surface area contributed by atoms with Crippen molar-refractivity contribution in [3.05, 3.63) is 53.7 Å². The SMILES string of the molecule is Cc1ccnc(NC(=O)CN(C)C(=O)C2CCN(c3cc(F)cc(F)c3)C2=O)c1. The van der Waals surface area contributed by atoms with Crippen molar-refractivity contribution in [2.24, 2.45) is 5.92 Å². The number of nitrogens with zero attached hydrogens (tertiary/aromatic N) is 3. The van der Waals surface area contributed by atoms with Crippen LogP contribution in [0.1, 0.15) is 12.0 Å². The standard InChI is InChI=1S/C20H20F2N4O3/c1-12-3-5-23-17(7-12)24-18(27)11-25(2)19(28)16-4-6-26(20(16)29)15-9-13(21)8-14(22)10-15/h3,5,7-10,16H,4,6,11H2,1-2H3,(H,23,24,27). The van der Waals surface area contributed by atoms with Crippen LogP contribution in [0.3, 0.4) is 0 Å². The Morgan fingerprint density at radius 1 is 1.24 bits per heavy atom. The molecular weight excluding hydrogens is 382 g/mol. The topological polar surface area (TPSA) is 82.6 Å². The average Bonchev–Trinajstić information content (AvgIpc) is 3.01. The van der Waals surface area contributed by atoms with E-state index in [1.54, 1.807) is 18.3 Å². The smallest absolute Gasteiger partial charge is 0.245 e. The Labute approximate surface area is 166 Å². The molecule has 1 unspecified atom stereocenters. The molecule has 1 saturated heterocycles. The van der Waals surface area contributed by atoms with Crippen LogP contribution < -0.4 is 10.2 Å².